The molecule has 146 valence electrons. The summed E-state index contributed by atoms with van der Waals surface area (Å²) >= 11 is 13.7. The number of rotatable bonds is 4. The zero-order valence-corrected chi connectivity index (χ0v) is 17.6. The third-order valence-electron chi connectivity index (χ3n) is 4.92. The molecule has 0 amide bonds. The first-order chi connectivity index (χ1) is 13.5. The summed E-state index contributed by atoms with van der Waals surface area (Å²) in [5, 5.41) is 5.10. The normalized spacial score (nSPS) is 15.0. The molecular weight excluding hydrogens is 417 g/mol. The molecule has 1 N–H and O–H groups in total. The highest BCUT2D eigenvalue weighted by Gasteiger charge is 2.24. The van der Waals surface area contributed by atoms with Gasteiger partial charge < -0.3 is 10.1 Å². The number of benzene rings is 1. The molecule has 8 heteroatoms. The number of hydrogen-bond acceptors (Lipinski definition) is 6. The van der Waals surface area contributed by atoms with Crippen molar-refractivity contribution in [2.75, 3.05) is 5.32 Å². The zero-order valence-electron chi connectivity index (χ0n) is 15.3. The number of halogens is 2. The number of nitrogens with zero attached hydrogens (tertiary/aromatic N) is 2. The molecule has 0 aliphatic heterocycles. The summed E-state index contributed by atoms with van der Waals surface area (Å²) in [6.07, 6.45) is 6.81. The SMILES string of the molecule is Cc1c(C(=O)OC2CCCCC2)sc2ncnc(Nc3cc(Cl)ccc3Cl)c12. The van der Waals surface area contributed by atoms with Gasteiger partial charge in [0.1, 0.15) is 28.0 Å². The highest BCUT2D eigenvalue weighted by molar-refractivity contribution is 7.20. The molecule has 0 saturated heterocycles. The van der Waals surface area contributed by atoms with Gasteiger partial charge in [0.2, 0.25) is 0 Å². The lowest BCUT2D eigenvalue weighted by Gasteiger charge is -2.21. The monoisotopic (exact) mass is 435 g/mol. The fourth-order valence-corrected chi connectivity index (χ4v) is 4.84. The number of esters is 1. The van der Waals surface area contributed by atoms with Gasteiger partial charge in [-0.15, -0.1) is 11.3 Å². The lowest BCUT2D eigenvalue weighted by Crippen LogP contribution is -2.20. The Balaban J connectivity index is 1.66. The maximum atomic E-state index is 12.8. The molecule has 0 atom stereocenters. The van der Waals surface area contributed by atoms with Crippen molar-refractivity contribution in [2.45, 2.75) is 45.1 Å². The van der Waals surface area contributed by atoms with Gasteiger partial charge in [0, 0.05) is 5.02 Å². The molecule has 3 aromatic rings. The maximum absolute atomic E-state index is 12.8. The molecule has 1 aliphatic carbocycles. The average molecular weight is 436 g/mol. The van der Waals surface area contributed by atoms with Crippen molar-refractivity contribution in [2.24, 2.45) is 0 Å². The summed E-state index contributed by atoms with van der Waals surface area (Å²) in [6, 6.07) is 5.18. The van der Waals surface area contributed by atoms with Gasteiger partial charge in [-0.3, -0.25) is 0 Å². The van der Waals surface area contributed by atoms with Gasteiger partial charge in [-0.05, 0) is 56.4 Å². The Bertz CT molecular complexity index is 1030. The number of aromatic nitrogens is 2. The minimum absolute atomic E-state index is 0.0137. The Morgan fingerprint density at radius 2 is 2.00 bits per heavy atom. The van der Waals surface area contributed by atoms with E-state index in [1.807, 2.05) is 6.92 Å². The lowest BCUT2D eigenvalue weighted by molar-refractivity contribution is 0.0216. The highest BCUT2D eigenvalue weighted by Crippen LogP contribution is 2.37. The van der Waals surface area contributed by atoms with E-state index in [9.17, 15) is 4.79 Å². The Morgan fingerprint density at radius 3 is 2.79 bits per heavy atom. The van der Waals surface area contributed by atoms with Crippen molar-refractivity contribution in [1.29, 1.82) is 0 Å². The van der Waals surface area contributed by atoms with Gasteiger partial charge in [0.05, 0.1) is 16.1 Å². The molecule has 1 aromatic carbocycles. The van der Waals surface area contributed by atoms with Crippen molar-refractivity contribution in [1.82, 2.24) is 9.97 Å². The van der Waals surface area contributed by atoms with Crippen LogP contribution in [-0.4, -0.2) is 22.0 Å². The van der Waals surface area contributed by atoms with Crippen LogP contribution >= 0.6 is 34.5 Å². The minimum Gasteiger partial charge on any atom is -0.458 e. The van der Waals surface area contributed by atoms with Gasteiger partial charge in [-0.1, -0.05) is 29.6 Å². The predicted molar refractivity (Wildman–Crippen MR) is 114 cm³/mol. The average Bonchev–Trinajstić information content (AvgIpc) is 3.03. The fraction of sp³-hybridized carbons (Fsp3) is 0.350. The fourth-order valence-electron chi connectivity index (χ4n) is 3.47. The molecular formula is C20H19Cl2N3O2S. The van der Waals surface area contributed by atoms with E-state index >= 15 is 0 Å². The third-order valence-corrected chi connectivity index (χ3v) is 6.66. The topological polar surface area (TPSA) is 64.1 Å². The Hall–Kier alpha value is -1.89. The van der Waals surface area contributed by atoms with E-state index < -0.39 is 0 Å². The number of nitrogens with one attached hydrogen (secondary N) is 1. The second kappa shape index (κ2) is 8.23. The van der Waals surface area contributed by atoms with E-state index in [2.05, 4.69) is 15.3 Å². The maximum Gasteiger partial charge on any atom is 0.348 e. The van der Waals surface area contributed by atoms with Gasteiger partial charge in [-0.25, -0.2) is 14.8 Å². The molecule has 5 nitrogen and oxygen atoms in total. The van der Waals surface area contributed by atoms with E-state index in [-0.39, 0.29) is 12.1 Å². The van der Waals surface area contributed by atoms with Crippen molar-refractivity contribution in [3.63, 3.8) is 0 Å². The van der Waals surface area contributed by atoms with Crippen molar-refractivity contribution >= 4 is 62.2 Å². The summed E-state index contributed by atoms with van der Waals surface area (Å²) in [7, 11) is 0. The molecule has 0 unspecified atom stereocenters. The largest absolute Gasteiger partial charge is 0.458 e. The van der Waals surface area contributed by atoms with Crippen LogP contribution < -0.4 is 5.32 Å². The van der Waals surface area contributed by atoms with Crippen molar-refractivity contribution < 1.29 is 9.53 Å². The van der Waals surface area contributed by atoms with E-state index in [0.717, 1.165) is 41.5 Å². The van der Waals surface area contributed by atoms with Crippen molar-refractivity contribution in [3.8, 4) is 0 Å². The number of anilines is 2. The standard InChI is InChI=1S/C20H19Cl2N3O2S/c1-11-16-18(25-15-9-12(21)7-8-14(15)22)23-10-24-19(16)28-17(11)20(26)27-13-5-3-2-4-6-13/h7-10,13H,2-6H2,1H3,(H,23,24,25). The molecule has 0 spiro atoms. The molecule has 2 aromatic heterocycles. The summed E-state index contributed by atoms with van der Waals surface area (Å²) in [4.78, 5) is 22.7. The van der Waals surface area contributed by atoms with Crippen molar-refractivity contribution in [3.05, 3.63) is 45.0 Å². The molecule has 2 heterocycles. The first kappa shape index (κ1) is 19.4. The molecule has 1 aliphatic rings. The molecule has 1 saturated carbocycles. The van der Waals surface area contributed by atoms with Crippen LogP contribution in [0.4, 0.5) is 11.5 Å². The van der Waals surface area contributed by atoms with Crippen LogP contribution in [0.1, 0.15) is 47.3 Å². The second-order valence-corrected chi connectivity index (χ2v) is 8.72. The zero-order chi connectivity index (χ0) is 19.7. The second-order valence-electron chi connectivity index (χ2n) is 6.87. The molecule has 0 radical (unpaired) electrons. The number of thiophene rings is 1. The first-order valence-corrected chi connectivity index (χ1v) is 10.8. The lowest BCUT2D eigenvalue weighted by atomic mass is 9.98. The smallest absolute Gasteiger partial charge is 0.348 e. The molecule has 28 heavy (non-hydrogen) atoms. The van der Waals surface area contributed by atoms with E-state index in [4.69, 9.17) is 27.9 Å². The van der Waals surface area contributed by atoms with Crippen LogP contribution in [0.2, 0.25) is 10.0 Å². The van der Waals surface area contributed by atoms with E-state index in [1.165, 1.54) is 24.1 Å². The highest BCUT2D eigenvalue weighted by atomic mass is 35.5. The van der Waals surface area contributed by atoms with Crippen LogP contribution in [0.3, 0.4) is 0 Å². The number of fused-ring (bicyclic) bond motifs is 1. The van der Waals surface area contributed by atoms with Gasteiger partial charge in [0.15, 0.2) is 0 Å². The molecule has 4 rings (SSSR count). The van der Waals surface area contributed by atoms with Gasteiger partial charge >= 0.3 is 5.97 Å². The predicted octanol–water partition coefficient (Wildman–Crippen LogP) is 6.54. The first-order valence-electron chi connectivity index (χ1n) is 9.20. The minimum atomic E-state index is -0.279. The Labute approximate surface area is 177 Å². The number of hydrogen-bond donors (Lipinski definition) is 1. The summed E-state index contributed by atoms with van der Waals surface area (Å²) in [5.41, 5.74) is 1.45. The van der Waals surface area contributed by atoms with Crippen LogP contribution in [0.25, 0.3) is 10.2 Å². The molecule has 0 bridgehead atoms. The van der Waals surface area contributed by atoms with Crippen LogP contribution in [0.5, 0.6) is 0 Å². The quantitative estimate of drug-likeness (QED) is 0.471. The number of aryl methyl sites for hydroxylation is 1. The number of ether oxygens (including phenoxy) is 1. The number of carbonyl (C=O) groups is 1. The van der Waals surface area contributed by atoms with E-state index in [0.29, 0.717) is 26.4 Å². The van der Waals surface area contributed by atoms with Crippen LogP contribution in [0.15, 0.2) is 24.5 Å². The van der Waals surface area contributed by atoms with Crippen LogP contribution in [0, 0.1) is 6.92 Å². The Morgan fingerprint density at radius 1 is 1.21 bits per heavy atom. The van der Waals surface area contributed by atoms with Gasteiger partial charge in [-0.2, -0.15) is 0 Å². The summed E-state index contributed by atoms with van der Waals surface area (Å²) in [5.74, 6) is 0.304. The summed E-state index contributed by atoms with van der Waals surface area (Å²) in [6.45, 7) is 1.89. The third kappa shape index (κ3) is 3.95. The Kier molecular flexibility index (Phi) is 5.71. The molecule has 1 fully saturated rings. The summed E-state index contributed by atoms with van der Waals surface area (Å²) < 4.78 is 5.75. The van der Waals surface area contributed by atoms with Crippen LogP contribution in [-0.2, 0) is 4.74 Å². The van der Waals surface area contributed by atoms with E-state index in [1.54, 1.807) is 18.2 Å². The van der Waals surface area contributed by atoms with Gasteiger partial charge in [0.25, 0.3) is 0 Å². The number of carbonyl (C=O) groups excluding carboxylic acids is 1.